The maximum Gasteiger partial charge on any atom is 0.125 e. The third kappa shape index (κ3) is 1.32. The van der Waals surface area contributed by atoms with Crippen LogP contribution in [-0.4, -0.2) is 6.61 Å². The average molecular weight is 187 g/mol. The van der Waals surface area contributed by atoms with E-state index >= 15 is 0 Å². The first-order chi connectivity index (χ1) is 5.60. The molecule has 1 heterocycles. The lowest BCUT2D eigenvalue weighted by Gasteiger charge is -2.05. The molecule has 1 atom stereocenters. The van der Waals surface area contributed by atoms with Crippen molar-refractivity contribution in [1.82, 2.24) is 0 Å². The van der Waals surface area contributed by atoms with Crippen LogP contribution in [0.2, 0.25) is 5.02 Å². The second-order valence-corrected chi connectivity index (χ2v) is 3.61. The molecular weight excluding hydrogens is 179 g/mol. The van der Waals surface area contributed by atoms with Crippen LogP contribution in [0.25, 0.3) is 0 Å². The molecule has 12 heavy (non-hydrogen) atoms. The first kappa shape index (κ1) is 8.02. The highest BCUT2D eigenvalue weighted by Crippen LogP contribution is 2.38. The van der Waals surface area contributed by atoms with Gasteiger partial charge in [0.05, 0.1) is 6.61 Å². The van der Waals surface area contributed by atoms with Gasteiger partial charge in [-0.1, -0.05) is 11.6 Å². The quantitative estimate of drug-likeness (QED) is 0.615. The summed E-state index contributed by atoms with van der Waals surface area (Å²) in [6, 6.07) is 4.48. The SMILES string of the molecule is CC1(c2cc(F)cc(Cl)c2)CO1. The van der Waals surface area contributed by atoms with E-state index in [0.29, 0.717) is 11.6 Å². The van der Waals surface area contributed by atoms with E-state index in [0.717, 1.165) is 5.56 Å². The Morgan fingerprint density at radius 2 is 2.17 bits per heavy atom. The van der Waals surface area contributed by atoms with Crippen LogP contribution in [0.3, 0.4) is 0 Å². The van der Waals surface area contributed by atoms with Crippen molar-refractivity contribution in [1.29, 1.82) is 0 Å². The third-order valence-corrected chi connectivity index (χ3v) is 2.27. The summed E-state index contributed by atoms with van der Waals surface area (Å²) in [5.41, 5.74) is 0.513. The van der Waals surface area contributed by atoms with Crippen molar-refractivity contribution in [2.24, 2.45) is 0 Å². The molecule has 1 aromatic rings. The number of halogens is 2. The molecule has 1 unspecified atom stereocenters. The number of hydrogen-bond donors (Lipinski definition) is 0. The average Bonchev–Trinajstić information content (AvgIpc) is 2.67. The molecule has 1 aromatic carbocycles. The van der Waals surface area contributed by atoms with Gasteiger partial charge in [-0.05, 0) is 30.7 Å². The monoisotopic (exact) mass is 186 g/mol. The number of benzene rings is 1. The molecular formula is C9H8ClFO. The van der Waals surface area contributed by atoms with E-state index < -0.39 is 0 Å². The molecule has 1 fully saturated rings. The minimum atomic E-state index is -0.311. The summed E-state index contributed by atoms with van der Waals surface area (Å²) in [6.45, 7) is 2.56. The van der Waals surface area contributed by atoms with Crippen LogP contribution < -0.4 is 0 Å². The molecule has 1 saturated heterocycles. The van der Waals surface area contributed by atoms with Crippen LogP contribution in [0.15, 0.2) is 18.2 Å². The zero-order chi connectivity index (χ0) is 8.77. The molecule has 0 spiro atoms. The smallest absolute Gasteiger partial charge is 0.125 e. The van der Waals surface area contributed by atoms with E-state index in [1.165, 1.54) is 12.1 Å². The van der Waals surface area contributed by atoms with Crippen molar-refractivity contribution < 1.29 is 9.13 Å². The standard InChI is InChI=1S/C9H8ClFO/c1-9(5-12-9)6-2-7(10)4-8(11)3-6/h2-4H,5H2,1H3. The fraction of sp³-hybridized carbons (Fsp3) is 0.333. The van der Waals surface area contributed by atoms with Crippen molar-refractivity contribution in [3.63, 3.8) is 0 Å². The Labute approximate surface area is 75.1 Å². The van der Waals surface area contributed by atoms with Crippen LogP contribution >= 0.6 is 11.6 Å². The lowest BCUT2D eigenvalue weighted by molar-refractivity contribution is 0.328. The second-order valence-electron chi connectivity index (χ2n) is 3.18. The minimum Gasteiger partial charge on any atom is -0.365 e. The summed E-state index contributed by atoms with van der Waals surface area (Å²) in [7, 11) is 0. The highest BCUT2D eigenvalue weighted by atomic mass is 35.5. The maximum absolute atomic E-state index is 12.8. The topological polar surface area (TPSA) is 12.5 Å². The molecule has 2 rings (SSSR count). The zero-order valence-corrected chi connectivity index (χ0v) is 7.36. The van der Waals surface area contributed by atoms with Gasteiger partial charge in [0.1, 0.15) is 11.4 Å². The molecule has 0 amide bonds. The number of ether oxygens (including phenoxy) is 1. The lowest BCUT2D eigenvalue weighted by atomic mass is 10.0. The van der Waals surface area contributed by atoms with Gasteiger partial charge in [-0.2, -0.15) is 0 Å². The Bertz CT molecular complexity index is 300. The van der Waals surface area contributed by atoms with Crippen LogP contribution in [0.5, 0.6) is 0 Å². The Kier molecular flexibility index (Phi) is 1.63. The van der Waals surface area contributed by atoms with Gasteiger partial charge in [0.25, 0.3) is 0 Å². The molecule has 0 aromatic heterocycles. The maximum atomic E-state index is 12.8. The summed E-state index contributed by atoms with van der Waals surface area (Å²) < 4.78 is 18.0. The molecule has 0 radical (unpaired) electrons. The van der Waals surface area contributed by atoms with Crippen molar-refractivity contribution in [3.8, 4) is 0 Å². The Balaban J connectivity index is 2.44. The highest BCUT2D eigenvalue weighted by Gasteiger charge is 2.41. The lowest BCUT2D eigenvalue weighted by Crippen LogP contribution is -2.02. The van der Waals surface area contributed by atoms with Crippen molar-refractivity contribution in [3.05, 3.63) is 34.6 Å². The fourth-order valence-electron chi connectivity index (χ4n) is 1.13. The van der Waals surface area contributed by atoms with E-state index in [1.54, 1.807) is 6.07 Å². The Morgan fingerprint density at radius 3 is 2.67 bits per heavy atom. The van der Waals surface area contributed by atoms with Gasteiger partial charge in [-0.15, -0.1) is 0 Å². The first-order valence-electron chi connectivity index (χ1n) is 3.71. The largest absolute Gasteiger partial charge is 0.365 e. The van der Waals surface area contributed by atoms with Gasteiger partial charge in [0.15, 0.2) is 0 Å². The van der Waals surface area contributed by atoms with E-state index in [4.69, 9.17) is 16.3 Å². The van der Waals surface area contributed by atoms with Gasteiger partial charge in [0, 0.05) is 5.02 Å². The Hall–Kier alpha value is -0.600. The number of epoxide rings is 1. The third-order valence-electron chi connectivity index (χ3n) is 2.05. The van der Waals surface area contributed by atoms with Gasteiger partial charge in [0.2, 0.25) is 0 Å². The summed E-state index contributed by atoms with van der Waals surface area (Å²) in [4.78, 5) is 0. The molecule has 1 aliphatic rings. The first-order valence-corrected chi connectivity index (χ1v) is 4.08. The fourth-order valence-corrected chi connectivity index (χ4v) is 1.36. The van der Waals surface area contributed by atoms with E-state index in [2.05, 4.69) is 0 Å². The molecule has 0 bridgehead atoms. The van der Waals surface area contributed by atoms with E-state index in [1.807, 2.05) is 6.92 Å². The molecule has 1 nitrogen and oxygen atoms in total. The minimum absolute atomic E-state index is 0.300. The number of hydrogen-bond acceptors (Lipinski definition) is 1. The molecule has 1 aliphatic heterocycles. The summed E-state index contributed by atoms with van der Waals surface area (Å²) in [5.74, 6) is -0.311. The molecule has 0 N–H and O–H groups in total. The van der Waals surface area contributed by atoms with Crippen LogP contribution in [0.4, 0.5) is 4.39 Å². The molecule has 64 valence electrons. The van der Waals surface area contributed by atoms with Crippen LogP contribution in [0.1, 0.15) is 12.5 Å². The van der Waals surface area contributed by atoms with Crippen LogP contribution in [0, 0.1) is 5.82 Å². The summed E-state index contributed by atoms with van der Waals surface area (Å²) in [5, 5.41) is 0.418. The number of rotatable bonds is 1. The zero-order valence-electron chi connectivity index (χ0n) is 6.60. The van der Waals surface area contributed by atoms with Crippen molar-refractivity contribution in [2.45, 2.75) is 12.5 Å². The van der Waals surface area contributed by atoms with E-state index in [-0.39, 0.29) is 11.4 Å². The second kappa shape index (κ2) is 2.44. The van der Waals surface area contributed by atoms with Gasteiger partial charge >= 0.3 is 0 Å². The molecule has 0 aliphatic carbocycles. The Morgan fingerprint density at radius 1 is 1.50 bits per heavy atom. The molecule has 3 heteroatoms. The highest BCUT2D eigenvalue weighted by molar-refractivity contribution is 6.30. The van der Waals surface area contributed by atoms with Crippen molar-refractivity contribution in [2.75, 3.05) is 6.61 Å². The predicted molar refractivity (Wildman–Crippen MR) is 44.7 cm³/mol. The summed E-state index contributed by atoms with van der Waals surface area (Å²) >= 11 is 5.69. The van der Waals surface area contributed by atoms with Crippen LogP contribution in [-0.2, 0) is 10.3 Å². The van der Waals surface area contributed by atoms with Gasteiger partial charge in [-0.25, -0.2) is 4.39 Å². The van der Waals surface area contributed by atoms with Gasteiger partial charge in [-0.3, -0.25) is 0 Å². The van der Waals surface area contributed by atoms with Gasteiger partial charge < -0.3 is 4.74 Å². The van der Waals surface area contributed by atoms with Crippen molar-refractivity contribution >= 4 is 11.6 Å². The van der Waals surface area contributed by atoms with E-state index in [9.17, 15) is 4.39 Å². The summed E-state index contributed by atoms with van der Waals surface area (Å²) in [6.07, 6.45) is 0. The molecule has 0 saturated carbocycles. The normalized spacial score (nSPS) is 27.2. The predicted octanol–water partition coefficient (Wildman–Crippen LogP) is 2.72.